The Balaban J connectivity index is 1.80. The van der Waals surface area contributed by atoms with Crippen LogP contribution in [0.3, 0.4) is 0 Å². The molecule has 1 heterocycles. The number of carbonyl (C=O) groups is 1. The number of halogens is 1. The summed E-state index contributed by atoms with van der Waals surface area (Å²) < 4.78 is 38.9. The maximum absolute atomic E-state index is 13.9. The number of benzene rings is 2. The number of amides is 1. The summed E-state index contributed by atoms with van der Waals surface area (Å²) in [6.45, 7) is -0.664. The minimum absolute atomic E-state index is 0.197. The van der Waals surface area contributed by atoms with Gasteiger partial charge in [-0.3, -0.25) is 9.78 Å². The number of nitrogens with zero attached hydrogens (tertiary/aromatic N) is 2. The van der Waals surface area contributed by atoms with Crippen molar-refractivity contribution in [2.45, 2.75) is 6.54 Å². The number of carbonyl (C=O) groups excluding carboxylic acids is 1. The Morgan fingerprint density at radius 1 is 1.11 bits per heavy atom. The lowest BCUT2D eigenvalue weighted by Gasteiger charge is -2.20. The molecule has 0 aliphatic carbocycles. The number of para-hydroxylation sites is 1. The van der Waals surface area contributed by atoms with E-state index in [0.29, 0.717) is 11.2 Å². The van der Waals surface area contributed by atoms with E-state index in [0.717, 1.165) is 15.9 Å². The fraction of sp³-hybridized carbons (Fsp3) is 0.158. The van der Waals surface area contributed by atoms with E-state index in [4.69, 9.17) is 0 Å². The second-order valence-electron chi connectivity index (χ2n) is 6.05. The number of sulfonamides is 1. The predicted molar refractivity (Wildman–Crippen MR) is 102 cm³/mol. The number of anilines is 1. The van der Waals surface area contributed by atoms with Crippen molar-refractivity contribution < 1.29 is 17.6 Å². The van der Waals surface area contributed by atoms with E-state index < -0.39 is 28.3 Å². The molecule has 1 amide bonds. The summed E-state index contributed by atoms with van der Waals surface area (Å²) in [4.78, 5) is 16.7. The standard InChI is InChI=1S/C19H18FN3O3S/c1-27(25,26)23(12-15-6-2-3-9-16(15)20)13-18(24)22-17-10-4-7-14-8-5-11-21-19(14)17/h2-11H,12-13H2,1H3,(H,22,24). The Kier molecular flexibility index (Phi) is 5.48. The molecule has 0 aliphatic rings. The summed E-state index contributed by atoms with van der Waals surface area (Å²) in [5.41, 5.74) is 1.29. The summed E-state index contributed by atoms with van der Waals surface area (Å²) in [5, 5.41) is 3.54. The fourth-order valence-corrected chi connectivity index (χ4v) is 3.39. The number of hydrogen-bond donors (Lipinski definition) is 1. The zero-order valence-electron chi connectivity index (χ0n) is 14.6. The lowest BCUT2D eigenvalue weighted by Crippen LogP contribution is -2.37. The van der Waals surface area contributed by atoms with Gasteiger partial charge in [0.2, 0.25) is 15.9 Å². The van der Waals surface area contributed by atoms with Crippen LogP contribution in [-0.2, 0) is 21.4 Å². The molecular weight excluding hydrogens is 369 g/mol. The van der Waals surface area contributed by atoms with E-state index in [9.17, 15) is 17.6 Å². The lowest BCUT2D eigenvalue weighted by atomic mass is 10.2. The molecule has 3 aromatic rings. The molecule has 0 unspecified atom stereocenters. The van der Waals surface area contributed by atoms with Gasteiger partial charge >= 0.3 is 0 Å². The van der Waals surface area contributed by atoms with Crippen LogP contribution in [0.5, 0.6) is 0 Å². The maximum Gasteiger partial charge on any atom is 0.239 e. The van der Waals surface area contributed by atoms with Gasteiger partial charge in [0.1, 0.15) is 5.82 Å². The average molecular weight is 387 g/mol. The lowest BCUT2D eigenvalue weighted by molar-refractivity contribution is -0.116. The van der Waals surface area contributed by atoms with Crippen LogP contribution in [0.1, 0.15) is 5.56 Å². The molecule has 0 atom stereocenters. The van der Waals surface area contributed by atoms with Crippen molar-refractivity contribution in [1.29, 1.82) is 0 Å². The van der Waals surface area contributed by atoms with Gasteiger partial charge in [-0.15, -0.1) is 0 Å². The first-order valence-corrected chi connectivity index (χ1v) is 10.0. The predicted octanol–water partition coefficient (Wildman–Crippen LogP) is 2.77. The monoisotopic (exact) mass is 387 g/mol. The highest BCUT2D eigenvalue weighted by atomic mass is 32.2. The SMILES string of the molecule is CS(=O)(=O)N(CC(=O)Nc1cccc2cccnc12)Cc1ccccc1F. The zero-order chi connectivity index (χ0) is 19.4. The Morgan fingerprint density at radius 3 is 2.59 bits per heavy atom. The molecule has 3 rings (SSSR count). The zero-order valence-corrected chi connectivity index (χ0v) is 15.4. The van der Waals surface area contributed by atoms with Crippen molar-refractivity contribution in [3.8, 4) is 0 Å². The van der Waals surface area contributed by atoms with E-state index in [1.54, 1.807) is 30.5 Å². The van der Waals surface area contributed by atoms with Crippen molar-refractivity contribution in [1.82, 2.24) is 9.29 Å². The highest BCUT2D eigenvalue weighted by molar-refractivity contribution is 7.88. The van der Waals surface area contributed by atoms with Crippen LogP contribution in [-0.4, -0.2) is 36.4 Å². The van der Waals surface area contributed by atoms with Gasteiger partial charge in [0.15, 0.2) is 0 Å². The number of aromatic nitrogens is 1. The Hall–Kier alpha value is -2.84. The number of pyridine rings is 1. The molecule has 0 saturated heterocycles. The third-order valence-electron chi connectivity index (χ3n) is 4.00. The van der Waals surface area contributed by atoms with Gasteiger partial charge in [-0.05, 0) is 18.2 Å². The van der Waals surface area contributed by atoms with Crippen LogP contribution in [0.2, 0.25) is 0 Å². The largest absolute Gasteiger partial charge is 0.323 e. The molecule has 2 aromatic carbocycles. The smallest absolute Gasteiger partial charge is 0.239 e. The second-order valence-corrected chi connectivity index (χ2v) is 8.03. The van der Waals surface area contributed by atoms with Crippen molar-refractivity contribution >= 4 is 32.5 Å². The molecule has 0 radical (unpaired) electrons. The van der Waals surface area contributed by atoms with Gasteiger partial charge < -0.3 is 5.32 Å². The molecular formula is C19H18FN3O3S. The Morgan fingerprint density at radius 2 is 1.85 bits per heavy atom. The number of hydrogen-bond acceptors (Lipinski definition) is 4. The highest BCUT2D eigenvalue weighted by Gasteiger charge is 2.22. The van der Waals surface area contributed by atoms with Crippen LogP contribution in [0.4, 0.5) is 10.1 Å². The third kappa shape index (κ3) is 4.66. The van der Waals surface area contributed by atoms with Gasteiger partial charge in [0.05, 0.1) is 24.0 Å². The summed E-state index contributed by atoms with van der Waals surface area (Å²) in [5.74, 6) is -1.06. The van der Waals surface area contributed by atoms with Crippen LogP contribution in [0, 0.1) is 5.82 Å². The minimum Gasteiger partial charge on any atom is -0.323 e. The Bertz CT molecular complexity index is 1080. The van der Waals surface area contributed by atoms with Crippen molar-refractivity contribution in [3.05, 3.63) is 72.2 Å². The molecule has 0 aliphatic heterocycles. The highest BCUT2D eigenvalue weighted by Crippen LogP contribution is 2.21. The van der Waals surface area contributed by atoms with E-state index in [-0.39, 0.29) is 12.1 Å². The molecule has 0 fully saturated rings. The number of fused-ring (bicyclic) bond motifs is 1. The van der Waals surface area contributed by atoms with Crippen LogP contribution in [0.15, 0.2) is 60.8 Å². The normalized spacial score (nSPS) is 11.7. The van der Waals surface area contributed by atoms with Crippen molar-refractivity contribution in [2.75, 3.05) is 18.1 Å². The summed E-state index contributed by atoms with van der Waals surface area (Å²) in [7, 11) is -3.72. The van der Waals surface area contributed by atoms with Gasteiger partial charge in [0, 0.05) is 23.7 Å². The van der Waals surface area contributed by atoms with Crippen LogP contribution >= 0.6 is 0 Å². The summed E-state index contributed by atoms with van der Waals surface area (Å²) >= 11 is 0. The summed E-state index contributed by atoms with van der Waals surface area (Å²) in [6.07, 6.45) is 2.60. The molecule has 8 heteroatoms. The van der Waals surface area contributed by atoms with E-state index in [1.165, 1.54) is 18.2 Å². The van der Waals surface area contributed by atoms with Crippen molar-refractivity contribution in [2.24, 2.45) is 0 Å². The third-order valence-corrected chi connectivity index (χ3v) is 5.20. The van der Waals surface area contributed by atoms with Crippen LogP contribution < -0.4 is 5.32 Å². The van der Waals surface area contributed by atoms with Gasteiger partial charge in [-0.1, -0.05) is 36.4 Å². The molecule has 0 bridgehead atoms. The van der Waals surface area contributed by atoms with Crippen molar-refractivity contribution in [3.63, 3.8) is 0 Å². The van der Waals surface area contributed by atoms with Gasteiger partial charge in [-0.2, -0.15) is 4.31 Å². The first kappa shape index (κ1) is 18.9. The molecule has 1 N–H and O–H groups in total. The maximum atomic E-state index is 13.9. The minimum atomic E-state index is -3.72. The van der Waals surface area contributed by atoms with Gasteiger partial charge in [0.25, 0.3) is 0 Å². The molecule has 0 saturated carbocycles. The van der Waals surface area contributed by atoms with E-state index >= 15 is 0 Å². The number of rotatable bonds is 6. The molecule has 0 spiro atoms. The topological polar surface area (TPSA) is 79.4 Å². The van der Waals surface area contributed by atoms with E-state index in [1.807, 2.05) is 12.1 Å². The van der Waals surface area contributed by atoms with Crippen LogP contribution in [0.25, 0.3) is 10.9 Å². The molecule has 1 aromatic heterocycles. The molecule has 140 valence electrons. The molecule has 27 heavy (non-hydrogen) atoms. The quantitative estimate of drug-likeness (QED) is 0.705. The van der Waals surface area contributed by atoms with Gasteiger partial charge in [-0.25, -0.2) is 12.8 Å². The molecule has 6 nitrogen and oxygen atoms in total. The first-order chi connectivity index (χ1) is 12.8. The van der Waals surface area contributed by atoms with E-state index in [2.05, 4.69) is 10.3 Å². The fourth-order valence-electron chi connectivity index (χ4n) is 2.66. The Labute approximate surface area is 156 Å². The first-order valence-electron chi connectivity index (χ1n) is 8.17. The average Bonchev–Trinajstić information content (AvgIpc) is 2.62. The second kappa shape index (κ2) is 7.81. The summed E-state index contributed by atoms with van der Waals surface area (Å²) in [6, 6.07) is 14.8. The number of nitrogens with one attached hydrogen (secondary N) is 1.